The lowest BCUT2D eigenvalue weighted by atomic mass is 9.86. The lowest BCUT2D eigenvalue weighted by Gasteiger charge is -2.34. The highest BCUT2D eigenvalue weighted by Crippen LogP contribution is 2.39. The van der Waals surface area contributed by atoms with Gasteiger partial charge in [0.05, 0.1) is 17.7 Å². The van der Waals surface area contributed by atoms with Gasteiger partial charge >= 0.3 is 0 Å². The molecule has 0 aromatic heterocycles. The number of carbonyl (C=O) groups is 1. The highest BCUT2D eigenvalue weighted by molar-refractivity contribution is 5.82. The van der Waals surface area contributed by atoms with Crippen molar-refractivity contribution in [3.05, 3.63) is 35.4 Å². The maximum Gasteiger partial charge on any atom is 0.243 e. The molecule has 0 aliphatic carbocycles. The number of carbonyl (C=O) groups excluding carboxylic acids is 1. The predicted molar refractivity (Wildman–Crippen MR) is 79.9 cm³/mol. The van der Waals surface area contributed by atoms with Crippen LogP contribution in [0.5, 0.6) is 0 Å². The Labute approximate surface area is 125 Å². The molecule has 2 fully saturated rings. The molecule has 1 atom stereocenters. The van der Waals surface area contributed by atoms with Gasteiger partial charge in [0, 0.05) is 18.5 Å². The maximum atomic E-state index is 12.9. The van der Waals surface area contributed by atoms with Crippen LogP contribution in [0.15, 0.2) is 24.3 Å². The zero-order valence-electron chi connectivity index (χ0n) is 12.7. The zero-order chi connectivity index (χ0) is 15.0. The van der Waals surface area contributed by atoms with Crippen molar-refractivity contribution in [1.29, 1.82) is 5.26 Å². The first-order valence-electron chi connectivity index (χ1n) is 7.61. The summed E-state index contributed by atoms with van der Waals surface area (Å²) < 4.78 is 0. The smallest absolute Gasteiger partial charge is 0.243 e. The minimum absolute atomic E-state index is 0.114. The number of fused-ring (bicyclic) bond motifs is 1. The Kier molecular flexibility index (Phi) is 3.46. The molecule has 2 saturated heterocycles. The van der Waals surface area contributed by atoms with Crippen LogP contribution >= 0.6 is 0 Å². The summed E-state index contributed by atoms with van der Waals surface area (Å²) >= 11 is 0. The number of nitrogens with zero attached hydrogens (tertiary/aromatic N) is 3. The molecule has 0 N–H and O–H groups in total. The Morgan fingerprint density at radius 3 is 2.62 bits per heavy atom. The summed E-state index contributed by atoms with van der Waals surface area (Å²) in [5.41, 5.74) is 1.50. The SMILES string of the molecule is CC1(C)CCCN2CC[C@@H](c3ccc(C#N)cc3)N2C1=O. The molecule has 0 unspecified atom stereocenters. The summed E-state index contributed by atoms with van der Waals surface area (Å²) in [6.45, 7) is 5.99. The van der Waals surface area contributed by atoms with Gasteiger partial charge in [0.1, 0.15) is 0 Å². The molecule has 2 aliphatic rings. The van der Waals surface area contributed by atoms with Gasteiger partial charge in [-0.2, -0.15) is 5.26 Å². The van der Waals surface area contributed by atoms with Gasteiger partial charge in [-0.05, 0) is 37.0 Å². The molecule has 2 heterocycles. The standard InChI is InChI=1S/C17H21N3O/c1-17(2)9-3-10-19-11-8-15(20(19)16(17)21)14-6-4-13(12-18)5-7-14/h4-7,15H,3,8-11H2,1-2H3/t15-/m0/s1. The number of benzene rings is 1. The second-order valence-corrected chi connectivity index (χ2v) is 6.63. The third-order valence-corrected chi connectivity index (χ3v) is 4.69. The first-order chi connectivity index (χ1) is 10.0. The van der Waals surface area contributed by atoms with Crippen molar-refractivity contribution < 1.29 is 4.79 Å². The van der Waals surface area contributed by atoms with Gasteiger partial charge in [-0.25, -0.2) is 5.01 Å². The molecule has 21 heavy (non-hydrogen) atoms. The van der Waals surface area contributed by atoms with Gasteiger partial charge in [-0.15, -0.1) is 0 Å². The Hall–Kier alpha value is -1.86. The summed E-state index contributed by atoms with van der Waals surface area (Å²) in [6.07, 6.45) is 2.97. The van der Waals surface area contributed by atoms with E-state index in [-0.39, 0.29) is 17.4 Å². The average Bonchev–Trinajstić information content (AvgIpc) is 2.85. The second kappa shape index (κ2) is 5.16. The molecule has 0 saturated carbocycles. The molecule has 0 radical (unpaired) electrons. The fourth-order valence-corrected chi connectivity index (χ4v) is 3.40. The summed E-state index contributed by atoms with van der Waals surface area (Å²) in [5.74, 6) is 0.229. The summed E-state index contributed by atoms with van der Waals surface area (Å²) in [6, 6.07) is 9.90. The molecule has 0 bridgehead atoms. The molecular formula is C17H21N3O. The topological polar surface area (TPSA) is 47.3 Å². The van der Waals surface area contributed by atoms with Gasteiger partial charge in [-0.3, -0.25) is 9.80 Å². The monoisotopic (exact) mass is 283 g/mol. The van der Waals surface area contributed by atoms with E-state index in [1.54, 1.807) is 0 Å². The lowest BCUT2D eigenvalue weighted by Crippen LogP contribution is -2.45. The van der Waals surface area contributed by atoms with E-state index in [1.807, 2.05) is 43.1 Å². The fraction of sp³-hybridized carbons (Fsp3) is 0.529. The summed E-state index contributed by atoms with van der Waals surface area (Å²) in [4.78, 5) is 12.9. The number of hydrogen-bond acceptors (Lipinski definition) is 3. The molecule has 4 nitrogen and oxygen atoms in total. The predicted octanol–water partition coefficient (Wildman–Crippen LogP) is 2.87. The van der Waals surface area contributed by atoms with Crippen molar-refractivity contribution in [2.24, 2.45) is 5.41 Å². The summed E-state index contributed by atoms with van der Waals surface area (Å²) in [7, 11) is 0. The zero-order valence-corrected chi connectivity index (χ0v) is 12.7. The number of hydrazine groups is 1. The minimum Gasteiger partial charge on any atom is -0.273 e. The van der Waals surface area contributed by atoms with Gasteiger partial charge in [-0.1, -0.05) is 26.0 Å². The highest BCUT2D eigenvalue weighted by Gasteiger charge is 2.44. The van der Waals surface area contributed by atoms with E-state index in [9.17, 15) is 4.79 Å². The van der Waals surface area contributed by atoms with E-state index in [0.29, 0.717) is 5.56 Å². The van der Waals surface area contributed by atoms with Crippen molar-refractivity contribution in [3.8, 4) is 6.07 Å². The van der Waals surface area contributed by atoms with Crippen molar-refractivity contribution in [1.82, 2.24) is 10.0 Å². The second-order valence-electron chi connectivity index (χ2n) is 6.63. The van der Waals surface area contributed by atoms with E-state index in [2.05, 4.69) is 11.1 Å². The first kappa shape index (κ1) is 14.1. The van der Waals surface area contributed by atoms with Crippen molar-refractivity contribution in [2.75, 3.05) is 13.1 Å². The Morgan fingerprint density at radius 2 is 1.95 bits per heavy atom. The average molecular weight is 283 g/mol. The molecule has 3 rings (SSSR count). The van der Waals surface area contributed by atoms with Crippen LogP contribution in [0.1, 0.15) is 50.3 Å². The lowest BCUT2D eigenvalue weighted by molar-refractivity contribution is -0.154. The fourth-order valence-electron chi connectivity index (χ4n) is 3.40. The van der Waals surface area contributed by atoms with Crippen LogP contribution in [0.3, 0.4) is 0 Å². The van der Waals surface area contributed by atoms with Crippen LogP contribution in [-0.2, 0) is 4.79 Å². The Morgan fingerprint density at radius 1 is 1.24 bits per heavy atom. The molecule has 1 aromatic carbocycles. The van der Waals surface area contributed by atoms with Crippen LogP contribution in [0.25, 0.3) is 0 Å². The number of amides is 1. The third kappa shape index (κ3) is 2.43. The largest absolute Gasteiger partial charge is 0.273 e. The van der Waals surface area contributed by atoms with E-state index in [1.165, 1.54) is 0 Å². The van der Waals surface area contributed by atoms with Crippen LogP contribution < -0.4 is 0 Å². The highest BCUT2D eigenvalue weighted by atomic mass is 16.2. The van der Waals surface area contributed by atoms with Gasteiger partial charge in [0.15, 0.2) is 0 Å². The van der Waals surface area contributed by atoms with Crippen LogP contribution in [-0.4, -0.2) is 29.0 Å². The van der Waals surface area contributed by atoms with Crippen molar-refractivity contribution in [3.63, 3.8) is 0 Å². The van der Waals surface area contributed by atoms with Gasteiger partial charge < -0.3 is 0 Å². The van der Waals surface area contributed by atoms with E-state index < -0.39 is 0 Å². The van der Waals surface area contributed by atoms with Crippen molar-refractivity contribution in [2.45, 2.75) is 39.2 Å². The minimum atomic E-state index is -0.288. The number of nitriles is 1. The van der Waals surface area contributed by atoms with E-state index >= 15 is 0 Å². The molecule has 0 spiro atoms. The normalized spacial score (nSPS) is 25.3. The number of rotatable bonds is 1. The Balaban J connectivity index is 1.92. The molecule has 1 aromatic rings. The molecule has 110 valence electrons. The summed E-state index contributed by atoms with van der Waals surface area (Å²) in [5, 5.41) is 13.1. The molecule has 2 aliphatic heterocycles. The first-order valence-corrected chi connectivity index (χ1v) is 7.61. The quantitative estimate of drug-likeness (QED) is 0.796. The Bertz CT molecular complexity index is 585. The van der Waals surface area contributed by atoms with Crippen LogP contribution in [0.2, 0.25) is 0 Å². The van der Waals surface area contributed by atoms with Gasteiger partial charge in [0.2, 0.25) is 5.91 Å². The maximum absolute atomic E-state index is 12.9. The molecule has 1 amide bonds. The van der Waals surface area contributed by atoms with E-state index in [0.717, 1.165) is 37.9 Å². The van der Waals surface area contributed by atoms with E-state index in [4.69, 9.17) is 5.26 Å². The molecular weight excluding hydrogens is 262 g/mol. The third-order valence-electron chi connectivity index (χ3n) is 4.69. The van der Waals surface area contributed by atoms with Gasteiger partial charge in [0.25, 0.3) is 0 Å². The molecule has 4 heteroatoms. The van der Waals surface area contributed by atoms with Crippen molar-refractivity contribution >= 4 is 5.91 Å². The number of hydrogen-bond donors (Lipinski definition) is 0. The van der Waals surface area contributed by atoms with Crippen LogP contribution in [0, 0.1) is 16.7 Å². The van der Waals surface area contributed by atoms with Crippen LogP contribution in [0.4, 0.5) is 0 Å².